The van der Waals surface area contributed by atoms with Gasteiger partial charge < -0.3 is 14.7 Å². The number of nitrogens with one attached hydrogen (secondary N) is 1. The Balaban J connectivity index is 0.00000243. The average Bonchev–Trinajstić information content (AvgIpc) is 3.03. The van der Waals surface area contributed by atoms with E-state index in [4.69, 9.17) is 4.52 Å². The molecule has 1 fully saturated rings. The number of rotatable bonds is 5. The van der Waals surface area contributed by atoms with Crippen LogP contribution < -0.4 is 5.32 Å². The van der Waals surface area contributed by atoms with Gasteiger partial charge in [-0.15, -0.1) is 12.4 Å². The van der Waals surface area contributed by atoms with E-state index in [0.29, 0.717) is 48.6 Å². The lowest BCUT2D eigenvalue weighted by Crippen LogP contribution is -2.55. The van der Waals surface area contributed by atoms with Crippen molar-refractivity contribution >= 4 is 18.3 Å². The lowest BCUT2D eigenvalue weighted by atomic mass is 10.1. The van der Waals surface area contributed by atoms with Crippen LogP contribution >= 0.6 is 12.4 Å². The van der Waals surface area contributed by atoms with E-state index in [1.807, 2.05) is 4.90 Å². The van der Waals surface area contributed by atoms with Crippen LogP contribution in [-0.4, -0.2) is 46.1 Å². The molecule has 1 aromatic carbocycles. The van der Waals surface area contributed by atoms with Crippen LogP contribution in [-0.2, 0) is 11.2 Å². The van der Waals surface area contributed by atoms with Crippen molar-refractivity contribution in [1.29, 1.82) is 0 Å². The molecule has 0 aliphatic carbocycles. The largest absolute Gasteiger partial charge is 0.340 e. The Bertz CT molecular complexity index is 712. The molecule has 2 unspecified atom stereocenters. The van der Waals surface area contributed by atoms with Crippen LogP contribution in [0, 0.1) is 5.82 Å². The van der Waals surface area contributed by atoms with E-state index >= 15 is 0 Å². The zero-order valence-corrected chi connectivity index (χ0v) is 15.8. The third-order valence-electron chi connectivity index (χ3n) is 4.26. The Morgan fingerprint density at radius 1 is 1.27 bits per heavy atom. The normalized spacial score (nSPS) is 19.9. The highest BCUT2D eigenvalue weighted by atomic mass is 35.5. The molecular formula is C18H24ClFN4O2. The molecule has 2 aromatic rings. The summed E-state index contributed by atoms with van der Waals surface area (Å²) in [5.74, 6) is 0.793. The predicted octanol–water partition coefficient (Wildman–Crippen LogP) is 2.83. The summed E-state index contributed by atoms with van der Waals surface area (Å²) >= 11 is 0. The molecule has 142 valence electrons. The average molecular weight is 383 g/mol. The van der Waals surface area contributed by atoms with Gasteiger partial charge in [0.05, 0.1) is 0 Å². The molecule has 1 aliphatic rings. The summed E-state index contributed by atoms with van der Waals surface area (Å²) in [5.41, 5.74) is 0.705. The Morgan fingerprint density at radius 3 is 2.58 bits per heavy atom. The molecule has 3 rings (SSSR count). The molecule has 1 aliphatic heterocycles. The number of hydrogen-bond donors (Lipinski definition) is 1. The molecule has 0 spiro atoms. The minimum absolute atomic E-state index is 0. The van der Waals surface area contributed by atoms with Gasteiger partial charge in [0.2, 0.25) is 17.6 Å². The lowest BCUT2D eigenvalue weighted by molar-refractivity contribution is -0.133. The summed E-state index contributed by atoms with van der Waals surface area (Å²) in [6, 6.07) is 6.59. The number of nitrogens with zero attached hydrogens (tertiary/aromatic N) is 3. The number of halogens is 2. The highest BCUT2D eigenvalue weighted by Crippen LogP contribution is 2.17. The number of piperazine rings is 1. The molecular weight excluding hydrogens is 359 g/mol. The summed E-state index contributed by atoms with van der Waals surface area (Å²) < 4.78 is 18.2. The quantitative estimate of drug-likeness (QED) is 0.860. The highest BCUT2D eigenvalue weighted by Gasteiger charge is 2.24. The molecule has 2 atom stereocenters. The molecule has 0 saturated carbocycles. The van der Waals surface area contributed by atoms with Crippen molar-refractivity contribution < 1.29 is 13.7 Å². The highest BCUT2D eigenvalue weighted by molar-refractivity contribution is 5.85. The standard InChI is InChI=1S/C18H23FN4O2.ClH/c1-12-10-23(11-13(2)20-12)17(24)5-3-4-16-21-18(22-25-16)14-6-8-15(19)9-7-14;/h6-9,12-13,20H,3-5,10-11H2,1-2H3;1H. The van der Waals surface area contributed by atoms with Gasteiger partial charge in [0.25, 0.3) is 0 Å². The van der Waals surface area contributed by atoms with Crippen LogP contribution in [0.1, 0.15) is 32.6 Å². The van der Waals surface area contributed by atoms with Crippen molar-refractivity contribution in [2.45, 2.75) is 45.2 Å². The Labute approximate surface area is 158 Å². The van der Waals surface area contributed by atoms with Gasteiger partial charge in [-0.3, -0.25) is 4.79 Å². The van der Waals surface area contributed by atoms with Crippen molar-refractivity contribution in [3.63, 3.8) is 0 Å². The van der Waals surface area contributed by atoms with Gasteiger partial charge in [-0.1, -0.05) is 5.16 Å². The Morgan fingerprint density at radius 2 is 1.92 bits per heavy atom. The minimum Gasteiger partial charge on any atom is -0.340 e. The molecule has 2 heterocycles. The van der Waals surface area contributed by atoms with Gasteiger partial charge in [-0.05, 0) is 44.5 Å². The van der Waals surface area contributed by atoms with Gasteiger partial charge in [-0.25, -0.2) is 4.39 Å². The van der Waals surface area contributed by atoms with Crippen molar-refractivity contribution in [3.05, 3.63) is 36.0 Å². The van der Waals surface area contributed by atoms with Gasteiger partial charge in [0.15, 0.2) is 0 Å². The number of benzene rings is 1. The number of aromatic nitrogens is 2. The summed E-state index contributed by atoms with van der Waals surface area (Å²) in [5, 5.41) is 7.33. The van der Waals surface area contributed by atoms with Crippen molar-refractivity contribution in [2.75, 3.05) is 13.1 Å². The third-order valence-corrected chi connectivity index (χ3v) is 4.26. The number of amides is 1. The van der Waals surface area contributed by atoms with Crippen molar-refractivity contribution in [2.24, 2.45) is 0 Å². The first-order valence-corrected chi connectivity index (χ1v) is 8.63. The van der Waals surface area contributed by atoms with Crippen LogP contribution in [0.2, 0.25) is 0 Å². The van der Waals surface area contributed by atoms with Crippen LogP contribution in [0.4, 0.5) is 4.39 Å². The maximum Gasteiger partial charge on any atom is 0.226 e. The molecule has 8 heteroatoms. The third kappa shape index (κ3) is 5.25. The number of carbonyl (C=O) groups excluding carboxylic acids is 1. The van der Waals surface area contributed by atoms with Crippen molar-refractivity contribution in [3.8, 4) is 11.4 Å². The summed E-state index contributed by atoms with van der Waals surface area (Å²) in [7, 11) is 0. The van der Waals surface area contributed by atoms with E-state index in [1.165, 1.54) is 12.1 Å². The second-order valence-corrected chi connectivity index (χ2v) is 6.64. The van der Waals surface area contributed by atoms with Crippen molar-refractivity contribution in [1.82, 2.24) is 20.4 Å². The smallest absolute Gasteiger partial charge is 0.226 e. The predicted molar refractivity (Wildman–Crippen MR) is 98.5 cm³/mol. The summed E-state index contributed by atoms with van der Waals surface area (Å²) in [6.45, 7) is 5.67. The number of carbonyl (C=O) groups is 1. The zero-order valence-electron chi connectivity index (χ0n) is 14.9. The van der Waals surface area contributed by atoms with Gasteiger partial charge >= 0.3 is 0 Å². The van der Waals surface area contributed by atoms with E-state index in [-0.39, 0.29) is 24.1 Å². The van der Waals surface area contributed by atoms with E-state index in [1.54, 1.807) is 12.1 Å². The van der Waals surface area contributed by atoms with E-state index in [9.17, 15) is 9.18 Å². The second-order valence-electron chi connectivity index (χ2n) is 6.64. The monoisotopic (exact) mass is 382 g/mol. The van der Waals surface area contributed by atoms with E-state index in [2.05, 4.69) is 29.3 Å². The Hall–Kier alpha value is -1.99. The van der Waals surface area contributed by atoms with Crippen LogP contribution in [0.15, 0.2) is 28.8 Å². The molecule has 26 heavy (non-hydrogen) atoms. The fourth-order valence-electron chi connectivity index (χ4n) is 3.15. The molecule has 1 N–H and O–H groups in total. The first-order chi connectivity index (χ1) is 12.0. The molecule has 6 nitrogen and oxygen atoms in total. The fourth-order valence-corrected chi connectivity index (χ4v) is 3.15. The second kappa shape index (κ2) is 9.09. The van der Waals surface area contributed by atoms with Crippen LogP contribution in [0.3, 0.4) is 0 Å². The van der Waals surface area contributed by atoms with Gasteiger partial charge in [-0.2, -0.15) is 4.98 Å². The van der Waals surface area contributed by atoms with Crippen LogP contribution in [0.25, 0.3) is 11.4 Å². The molecule has 0 radical (unpaired) electrons. The molecule has 1 amide bonds. The minimum atomic E-state index is -0.303. The van der Waals surface area contributed by atoms with E-state index < -0.39 is 0 Å². The lowest BCUT2D eigenvalue weighted by Gasteiger charge is -2.36. The zero-order chi connectivity index (χ0) is 17.8. The van der Waals surface area contributed by atoms with Gasteiger partial charge in [0, 0.05) is 43.6 Å². The van der Waals surface area contributed by atoms with Crippen LogP contribution in [0.5, 0.6) is 0 Å². The summed E-state index contributed by atoms with van der Waals surface area (Å²) in [4.78, 5) is 18.6. The fraction of sp³-hybridized carbons (Fsp3) is 0.500. The van der Waals surface area contributed by atoms with Gasteiger partial charge in [0.1, 0.15) is 5.82 Å². The van der Waals surface area contributed by atoms with E-state index in [0.717, 1.165) is 13.1 Å². The summed E-state index contributed by atoms with van der Waals surface area (Å²) in [6.07, 6.45) is 1.68. The topological polar surface area (TPSA) is 71.3 Å². The molecule has 0 bridgehead atoms. The maximum absolute atomic E-state index is 12.9. The Kier molecular flexibility index (Phi) is 7.11. The number of hydrogen-bond acceptors (Lipinski definition) is 5. The first kappa shape index (κ1) is 20.3. The number of aryl methyl sites for hydroxylation is 1. The SMILES string of the molecule is CC1CN(C(=O)CCCc2nc(-c3ccc(F)cc3)no2)CC(C)N1.Cl. The molecule has 1 saturated heterocycles. The maximum atomic E-state index is 12.9. The first-order valence-electron chi connectivity index (χ1n) is 8.63. The molecule has 1 aromatic heterocycles.